The Hall–Kier alpha value is -2.40. The topological polar surface area (TPSA) is 53.1 Å². The van der Waals surface area contributed by atoms with Crippen LogP contribution in [0.3, 0.4) is 0 Å². The molecule has 1 saturated heterocycles. The van der Waals surface area contributed by atoms with Crippen molar-refractivity contribution in [1.82, 2.24) is 4.98 Å². The molecule has 2 aromatic heterocycles. The molecule has 4 rings (SSSR count). The first-order valence-corrected chi connectivity index (χ1v) is 8.57. The number of benzene rings is 1. The van der Waals surface area contributed by atoms with Crippen LogP contribution in [0.2, 0.25) is 0 Å². The zero-order chi connectivity index (χ0) is 17.1. The second kappa shape index (κ2) is 8.32. The van der Waals surface area contributed by atoms with Gasteiger partial charge in [-0.05, 0) is 67.9 Å². The van der Waals surface area contributed by atoms with Crippen molar-refractivity contribution >= 4 is 5.69 Å². The molecule has 3 heterocycles. The second-order valence-electron chi connectivity index (χ2n) is 6.22. The van der Waals surface area contributed by atoms with E-state index in [0.717, 1.165) is 24.4 Å². The number of anilines is 1. The fourth-order valence-corrected chi connectivity index (χ4v) is 3.27. The fraction of sp³-hybridized carbons (Fsp3) is 0.238. The molecule has 0 unspecified atom stereocenters. The summed E-state index contributed by atoms with van der Waals surface area (Å²) < 4.78 is 5.97. The van der Waals surface area contributed by atoms with Gasteiger partial charge in [0.15, 0.2) is 0 Å². The second-order valence-corrected chi connectivity index (χ2v) is 6.22. The number of nitrogens with zero attached hydrogens (tertiary/aromatic N) is 3. The van der Waals surface area contributed by atoms with Crippen molar-refractivity contribution in [2.75, 3.05) is 18.0 Å². The third-order valence-electron chi connectivity index (χ3n) is 4.62. The van der Waals surface area contributed by atoms with Crippen molar-refractivity contribution < 1.29 is 24.8 Å². The third kappa shape index (κ3) is 3.73. The van der Waals surface area contributed by atoms with Gasteiger partial charge < -0.3 is 14.3 Å². The monoisotopic (exact) mass is 515 g/mol. The molecule has 0 aliphatic carbocycles. The maximum atomic E-state index is 9.19. The number of aromatic nitrogens is 1. The Balaban J connectivity index is 0.00000196. The van der Waals surface area contributed by atoms with Crippen LogP contribution in [-0.4, -0.2) is 18.1 Å². The third-order valence-corrected chi connectivity index (χ3v) is 4.62. The summed E-state index contributed by atoms with van der Waals surface area (Å²) in [4.78, 5) is 6.30. The van der Waals surface area contributed by atoms with Crippen LogP contribution in [0.5, 0.6) is 0 Å². The van der Waals surface area contributed by atoms with Gasteiger partial charge in [-0.15, -0.1) is 6.07 Å². The number of furan rings is 1. The smallest absolute Gasteiger partial charge is 0.133 e. The first kappa shape index (κ1) is 18.4. The van der Waals surface area contributed by atoms with Crippen LogP contribution >= 0.6 is 0 Å². The molecule has 0 atom stereocenters. The number of piperidine rings is 1. The number of rotatable bonds is 3. The van der Waals surface area contributed by atoms with E-state index in [1.165, 1.54) is 24.9 Å². The van der Waals surface area contributed by atoms with E-state index >= 15 is 0 Å². The summed E-state index contributed by atoms with van der Waals surface area (Å²) in [5.74, 6) is 1.45. The molecule has 0 saturated carbocycles. The summed E-state index contributed by atoms with van der Waals surface area (Å²) in [7, 11) is 0. The van der Waals surface area contributed by atoms with E-state index < -0.39 is 0 Å². The molecule has 131 valence electrons. The van der Waals surface area contributed by atoms with Crippen LogP contribution < -0.4 is 4.90 Å². The van der Waals surface area contributed by atoms with Crippen molar-refractivity contribution in [3.63, 3.8) is 0 Å². The Morgan fingerprint density at radius 2 is 1.69 bits per heavy atom. The summed E-state index contributed by atoms with van der Waals surface area (Å²) in [6.07, 6.45) is 8.20. The predicted octanol–water partition coefficient (Wildman–Crippen LogP) is 4.67. The largest absolute Gasteiger partial charge is 0.466 e. The van der Waals surface area contributed by atoms with Gasteiger partial charge in [-0.2, -0.15) is 0 Å². The predicted molar refractivity (Wildman–Crippen MR) is 97.0 cm³/mol. The fourth-order valence-electron chi connectivity index (χ4n) is 3.27. The number of nitriles is 1. The summed E-state index contributed by atoms with van der Waals surface area (Å²) in [5, 5.41) is 9.19. The summed E-state index contributed by atoms with van der Waals surface area (Å²) in [6, 6.07) is 16.2. The average molecular weight is 515 g/mol. The van der Waals surface area contributed by atoms with Gasteiger partial charge in [-0.25, -0.2) is 0 Å². The minimum absolute atomic E-state index is 0. The van der Waals surface area contributed by atoms with E-state index in [1.807, 2.05) is 12.1 Å². The summed E-state index contributed by atoms with van der Waals surface area (Å²) in [5.41, 5.74) is 3.41. The van der Waals surface area contributed by atoms with Crippen molar-refractivity contribution in [1.29, 1.82) is 5.26 Å². The van der Waals surface area contributed by atoms with Gasteiger partial charge in [0.1, 0.15) is 5.76 Å². The minimum Gasteiger partial charge on any atom is -0.466 e. The molecule has 0 N–H and O–H groups in total. The molecule has 26 heavy (non-hydrogen) atoms. The van der Waals surface area contributed by atoms with Crippen LogP contribution in [0.1, 0.15) is 24.8 Å². The zero-order valence-corrected chi connectivity index (χ0v) is 17.0. The molecule has 4 nitrogen and oxygen atoms in total. The van der Waals surface area contributed by atoms with Crippen molar-refractivity contribution in [2.24, 2.45) is 0 Å². The molecule has 0 bridgehead atoms. The molecule has 1 aliphatic heterocycles. The van der Waals surface area contributed by atoms with Crippen LogP contribution in [0.4, 0.5) is 5.69 Å². The first-order chi connectivity index (χ1) is 12.3. The minimum atomic E-state index is 0. The Morgan fingerprint density at radius 1 is 0.962 bits per heavy atom. The van der Waals surface area contributed by atoms with Crippen molar-refractivity contribution in [2.45, 2.75) is 19.3 Å². The van der Waals surface area contributed by atoms with Crippen LogP contribution in [-0.2, 0) is 20.4 Å². The van der Waals surface area contributed by atoms with Crippen LogP contribution in [0.25, 0.3) is 22.6 Å². The Labute approximate surface area is 167 Å². The number of hydrogen-bond donors (Lipinski definition) is 0. The van der Waals surface area contributed by atoms with E-state index in [9.17, 15) is 5.26 Å². The molecule has 3 aromatic rings. The van der Waals surface area contributed by atoms with Gasteiger partial charge in [0.05, 0.1) is 5.76 Å². The zero-order valence-electron chi connectivity index (χ0n) is 14.3. The molecule has 0 spiro atoms. The molecule has 1 fully saturated rings. The van der Waals surface area contributed by atoms with Crippen LogP contribution in [0, 0.1) is 17.5 Å². The van der Waals surface area contributed by atoms with E-state index in [4.69, 9.17) is 4.42 Å². The quantitative estimate of drug-likeness (QED) is 0.477. The van der Waals surface area contributed by atoms with Gasteiger partial charge in [0, 0.05) is 44.8 Å². The Bertz CT molecular complexity index is 906. The van der Waals surface area contributed by atoms with Gasteiger partial charge in [0.25, 0.3) is 0 Å². The average Bonchev–Trinajstić information content (AvgIpc) is 3.19. The van der Waals surface area contributed by atoms with E-state index in [2.05, 4.69) is 46.4 Å². The van der Waals surface area contributed by atoms with E-state index in [0.29, 0.717) is 16.9 Å². The number of pyridine rings is 1. The van der Waals surface area contributed by atoms with Crippen molar-refractivity contribution in [3.8, 4) is 28.7 Å². The number of hydrogen-bond acceptors (Lipinski definition) is 4. The van der Waals surface area contributed by atoms with Gasteiger partial charge in [-0.3, -0.25) is 5.26 Å². The van der Waals surface area contributed by atoms with Crippen molar-refractivity contribution in [3.05, 3.63) is 60.4 Å². The molecule has 0 amide bonds. The standard InChI is InChI=1S/C21H18N3O.Re/c22-14-17-15-23-11-10-19(17)21-9-8-20(25-21)16-4-6-18(7-5-16)24-12-2-1-3-13-24;/h4-11H,1-3,12-13H2;/q-1;. The van der Waals surface area contributed by atoms with E-state index in [1.54, 1.807) is 12.3 Å². The maximum Gasteiger partial charge on any atom is 0.133 e. The molecule has 5 heteroatoms. The van der Waals surface area contributed by atoms with Gasteiger partial charge in [-0.1, -0.05) is 17.3 Å². The molecular weight excluding hydrogens is 496 g/mol. The SMILES string of the molecule is N#Cc1[c-]nccc1-c1ccc(-c2ccc(N3CCCCC3)cc2)o1.[Re]. The maximum absolute atomic E-state index is 9.19. The molecule has 1 radical (unpaired) electrons. The van der Waals surface area contributed by atoms with Gasteiger partial charge >= 0.3 is 0 Å². The molecular formula is C21H18N3ORe-. The van der Waals surface area contributed by atoms with E-state index in [-0.39, 0.29) is 20.4 Å². The molecule has 1 aliphatic rings. The molecule has 1 aromatic carbocycles. The van der Waals surface area contributed by atoms with Crippen LogP contribution in [0.15, 0.2) is 53.1 Å². The summed E-state index contributed by atoms with van der Waals surface area (Å²) in [6.45, 7) is 2.28. The normalized spacial score (nSPS) is 13.7. The first-order valence-electron chi connectivity index (χ1n) is 8.57. The van der Waals surface area contributed by atoms with Gasteiger partial charge in [0.2, 0.25) is 0 Å². The Kier molecular flexibility index (Phi) is 5.89. The summed E-state index contributed by atoms with van der Waals surface area (Å²) >= 11 is 0. The Morgan fingerprint density at radius 3 is 2.42 bits per heavy atom.